The van der Waals surface area contributed by atoms with E-state index in [1.165, 1.54) is 6.07 Å². The van der Waals surface area contributed by atoms with Gasteiger partial charge < -0.3 is 35.8 Å². The Hall–Kier alpha value is -3.27. The highest BCUT2D eigenvalue weighted by Gasteiger charge is 2.38. The number of nitrogens with one attached hydrogen (secondary N) is 3. The van der Waals surface area contributed by atoms with E-state index in [2.05, 4.69) is 20.9 Å². The number of rotatable bonds is 6. The molecular weight excluding hydrogens is 671 g/mol. The SMILES string of the molecule is O=C(N[C@H](Cc1cc(Cl)c(O)c(C(F)(F)F)c1)C(=O)N1CCC(N2CCNCC2)CC1)N1CCC(N2CCc3cscc3NC2=O)CC1. The van der Waals surface area contributed by atoms with E-state index in [0.717, 1.165) is 62.8 Å². The van der Waals surface area contributed by atoms with Crippen molar-refractivity contribution in [2.24, 2.45) is 0 Å². The minimum absolute atomic E-state index is 0.0592. The lowest BCUT2D eigenvalue weighted by atomic mass is 9.98. The Labute approximate surface area is 286 Å². The molecule has 0 bridgehead atoms. The maximum atomic E-state index is 14.0. The predicted molar refractivity (Wildman–Crippen MR) is 177 cm³/mol. The molecule has 0 aliphatic carbocycles. The van der Waals surface area contributed by atoms with E-state index in [9.17, 15) is 32.7 Å². The van der Waals surface area contributed by atoms with E-state index in [0.29, 0.717) is 51.6 Å². The number of thiophene rings is 1. The molecule has 5 amide bonds. The number of amides is 5. The highest BCUT2D eigenvalue weighted by atomic mass is 35.5. The minimum atomic E-state index is -4.86. The minimum Gasteiger partial charge on any atom is -0.506 e. The summed E-state index contributed by atoms with van der Waals surface area (Å²) in [5, 5.41) is 22.6. The van der Waals surface area contributed by atoms with Gasteiger partial charge in [-0.25, -0.2) is 9.59 Å². The number of carbonyl (C=O) groups is 3. The van der Waals surface area contributed by atoms with Crippen molar-refractivity contribution in [3.8, 4) is 5.75 Å². The topological polar surface area (TPSA) is 120 Å². The van der Waals surface area contributed by atoms with Crippen molar-refractivity contribution in [3.63, 3.8) is 0 Å². The molecule has 4 aliphatic heterocycles. The zero-order valence-electron chi connectivity index (χ0n) is 26.5. The fraction of sp³-hybridized carbons (Fsp3) is 0.594. The quantitative estimate of drug-likeness (QED) is 0.357. The average Bonchev–Trinajstić information content (AvgIpc) is 3.45. The number of nitrogens with zero attached hydrogens (tertiary/aromatic N) is 4. The van der Waals surface area contributed by atoms with Gasteiger partial charge in [-0.1, -0.05) is 11.6 Å². The maximum Gasteiger partial charge on any atom is 0.420 e. The fourth-order valence-corrected chi connectivity index (χ4v) is 8.33. The van der Waals surface area contributed by atoms with Crippen LogP contribution in [0.15, 0.2) is 22.9 Å². The van der Waals surface area contributed by atoms with Crippen LogP contribution in [0.2, 0.25) is 5.02 Å². The number of phenolic OH excluding ortho intramolecular Hbond substituents is 1. The number of fused-ring (bicyclic) bond motifs is 1. The van der Waals surface area contributed by atoms with E-state index in [-0.39, 0.29) is 30.0 Å². The number of hydrogen-bond acceptors (Lipinski definition) is 7. The molecule has 4 N–H and O–H groups in total. The number of likely N-dealkylation sites (tertiary alicyclic amines) is 2. The summed E-state index contributed by atoms with van der Waals surface area (Å²) in [7, 11) is 0. The van der Waals surface area contributed by atoms with Crippen molar-refractivity contribution in [1.29, 1.82) is 0 Å². The second-order valence-electron chi connectivity index (χ2n) is 12.9. The van der Waals surface area contributed by atoms with Gasteiger partial charge in [0, 0.05) is 82.8 Å². The highest BCUT2D eigenvalue weighted by molar-refractivity contribution is 7.08. The largest absolute Gasteiger partial charge is 0.506 e. The van der Waals surface area contributed by atoms with E-state index in [1.54, 1.807) is 21.1 Å². The second kappa shape index (κ2) is 14.7. The fourth-order valence-electron chi connectivity index (χ4n) is 7.27. The molecule has 4 aliphatic rings. The van der Waals surface area contributed by atoms with Gasteiger partial charge in [0.25, 0.3) is 0 Å². The Kier molecular flexibility index (Phi) is 10.6. The van der Waals surface area contributed by atoms with Crippen molar-refractivity contribution in [3.05, 3.63) is 44.6 Å². The Morgan fingerprint density at radius 3 is 2.33 bits per heavy atom. The Bertz CT molecular complexity index is 1490. The zero-order valence-corrected chi connectivity index (χ0v) is 28.1. The molecule has 1 aromatic carbocycles. The Balaban J connectivity index is 1.12. The lowest BCUT2D eigenvalue weighted by Crippen LogP contribution is -2.58. The number of halogens is 4. The number of anilines is 1. The summed E-state index contributed by atoms with van der Waals surface area (Å²) in [6.45, 7) is 5.93. The zero-order chi connectivity index (χ0) is 34.0. The van der Waals surface area contributed by atoms with Crippen LogP contribution in [0.3, 0.4) is 0 Å². The molecule has 2 aromatic rings. The van der Waals surface area contributed by atoms with Gasteiger partial charge in [-0.05, 0) is 60.7 Å². The van der Waals surface area contributed by atoms with Crippen LogP contribution in [0.5, 0.6) is 5.75 Å². The monoisotopic (exact) mass is 711 g/mol. The molecule has 0 saturated carbocycles. The van der Waals surface area contributed by atoms with E-state index in [1.807, 2.05) is 15.7 Å². The number of piperazine rings is 1. The van der Waals surface area contributed by atoms with Crippen LogP contribution in [-0.2, 0) is 23.8 Å². The van der Waals surface area contributed by atoms with Crippen LogP contribution in [0.4, 0.5) is 28.4 Å². The van der Waals surface area contributed by atoms with Gasteiger partial charge in [0.1, 0.15) is 11.8 Å². The van der Waals surface area contributed by atoms with Crippen molar-refractivity contribution >= 4 is 46.6 Å². The Morgan fingerprint density at radius 2 is 1.65 bits per heavy atom. The first kappa shape index (κ1) is 34.6. The Morgan fingerprint density at radius 1 is 0.979 bits per heavy atom. The molecule has 3 fully saturated rings. The normalized spacial score (nSPS) is 21.0. The first-order chi connectivity index (χ1) is 23.0. The highest BCUT2D eigenvalue weighted by Crippen LogP contribution is 2.40. The summed E-state index contributed by atoms with van der Waals surface area (Å²) < 4.78 is 41.1. The summed E-state index contributed by atoms with van der Waals surface area (Å²) >= 11 is 7.54. The van der Waals surface area contributed by atoms with Crippen LogP contribution >= 0.6 is 22.9 Å². The number of hydrogen-bond donors (Lipinski definition) is 4. The van der Waals surface area contributed by atoms with Crippen LogP contribution < -0.4 is 16.0 Å². The van der Waals surface area contributed by atoms with Gasteiger partial charge in [0.2, 0.25) is 5.91 Å². The molecule has 48 heavy (non-hydrogen) atoms. The molecular formula is C32H41ClF3N7O4S. The molecule has 1 atom stereocenters. The number of carbonyl (C=O) groups excluding carboxylic acids is 3. The van der Waals surface area contributed by atoms with Gasteiger partial charge in [-0.3, -0.25) is 9.69 Å². The lowest BCUT2D eigenvalue weighted by Gasteiger charge is -2.41. The number of piperidine rings is 2. The molecule has 0 unspecified atom stereocenters. The number of urea groups is 2. The first-order valence-electron chi connectivity index (χ1n) is 16.5. The van der Waals surface area contributed by atoms with Crippen LogP contribution in [0, 0.1) is 0 Å². The van der Waals surface area contributed by atoms with Gasteiger partial charge in [-0.2, -0.15) is 13.2 Å². The molecule has 3 saturated heterocycles. The van der Waals surface area contributed by atoms with Crippen LogP contribution in [-0.4, -0.2) is 120 Å². The predicted octanol–water partition coefficient (Wildman–Crippen LogP) is 4.20. The summed E-state index contributed by atoms with van der Waals surface area (Å²) in [6, 6.07) is 0.457. The molecule has 16 heteroatoms. The lowest BCUT2D eigenvalue weighted by molar-refractivity contribution is -0.138. The van der Waals surface area contributed by atoms with Crippen molar-refractivity contribution in [2.45, 2.75) is 62.8 Å². The number of alkyl halides is 3. The summed E-state index contributed by atoms with van der Waals surface area (Å²) in [5.41, 5.74) is 0.715. The first-order valence-corrected chi connectivity index (χ1v) is 17.8. The third-order valence-electron chi connectivity index (χ3n) is 9.97. The third-order valence-corrected chi connectivity index (χ3v) is 11.0. The van der Waals surface area contributed by atoms with Crippen molar-refractivity contribution in [1.82, 2.24) is 30.2 Å². The number of phenols is 1. The summed E-state index contributed by atoms with van der Waals surface area (Å²) in [6.07, 6.45) is -1.73. The van der Waals surface area contributed by atoms with Crippen LogP contribution in [0.25, 0.3) is 0 Å². The molecule has 5 heterocycles. The summed E-state index contributed by atoms with van der Waals surface area (Å²) in [5.74, 6) is -1.45. The second-order valence-corrected chi connectivity index (χ2v) is 14.1. The summed E-state index contributed by atoms with van der Waals surface area (Å²) in [4.78, 5) is 48.0. The van der Waals surface area contributed by atoms with Gasteiger partial charge in [-0.15, -0.1) is 11.3 Å². The third kappa shape index (κ3) is 7.79. The molecule has 0 radical (unpaired) electrons. The maximum absolute atomic E-state index is 14.0. The molecule has 0 spiro atoms. The van der Waals surface area contributed by atoms with Crippen molar-refractivity contribution in [2.75, 3.05) is 64.2 Å². The standard InChI is InChI=1S/C32H41ClF3N7O4S/c33-25-16-20(15-24(28(25)44)32(34,35)36)17-26(29(45)41-8-2-22(3-9-41)40-13-6-37-7-14-40)38-30(46)42-10-4-23(5-11-42)43-12-1-21-18-48-19-27(21)39-31(43)47/h15-16,18-19,22-23,26,37,44H,1-14,17H2,(H,38,46)(H,39,47)/t26-/m1/s1. The van der Waals surface area contributed by atoms with E-state index >= 15 is 0 Å². The molecule has 1 aromatic heterocycles. The van der Waals surface area contributed by atoms with Gasteiger partial charge in [0.05, 0.1) is 16.3 Å². The average molecular weight is 712 g/mol. The molecule has 11 nitrogen and oxygen atoms in total. The van der Waals surface area contributed by atoms with Crippen molar-refractivity contribution < 1.29 is 32.7 Å². The van der Waals surface area contributed by atoms with E-state index in [4.69, 9.17) is 11.6 Å². The number of aromatic hydroxyl groups is 1. The van der Waals surface area contributed by atoms with Crippen LogP contribution in [0.1, 0.15) is 42.4 Å². The number of benzene rings is 1. The van der Waals surface area contributed by atoms with Gasteiger partial charge >= 0.3 is 18.2 Å². The molecule has 6 rings (SSSR count). The smallest absolute Gasteiger partial charge is 0.420 e. The van der Waals surface area contributed by atoms with Gasteiger partial charge in [0.15, 0.2) is 0 Å². The van der Waals surface area contributed by atoms with E-state index < -0.39 is 34.6 Å². The molecule has 262 valence electrons.